The Morgan fingerprint density at radius 1 is 0.686 bits per heavy atom. The van der Waals surface area contributed by atoms with Gasteiger partial charge >= 0.3 is 28.4 Å². The predicted molar refractivity (Wildman–Crippen MR) is 115 cm³/mol. The van der Waals surface area contributed by atoms with Gasteiger partial charge in [-0.15, -0.1) is 0 Å². The Labute approximate surface area is 218 Å². The minimum absolute atomic E-state index is 0. The Hall–Kier alpha value is -0.250. The van der Waals surface area contributed by atoms with Crippen molar-refractivity contribution in [2.75, 3.05) is 4.43 Å². The van der Waals surface area contributed by atoms with Crippen molar-refractivity contribution in [3.63, 3.8) is 0 Å². The van der Waals surface area contributed by atoms with Crippen molar-refractivity contribution in [1.82, 2.24) is 0 Å². The molecule has 0 aliphatic carbocycles. The number of hydrogen-bond acceptors (Lipinski definition) is 0. The number of halogens is 19. The molecular weight excluding hydrogens is 769 g/mol. The summed E-state index contributed by atoms with van der Waals surface area (Å²) in [5, 5.41) is 0. The van der Waals surface area contributed by atoms with E-state index in [0.717, 1.165) is 0 Å². The van der Waals surface area contributed by atoms with Crippen LogP contribution < -0.4 is 0 Å². The fourth-order valence-electron chi connectivity index (χ4n) is 0.693. The molecule has 0 rings (SSSR count). The Morgan fingerprint density at radius 3 is 1.03 bits per heavy atom. The normalized spacial score (nSPS) is 16.0. The van der Waals surface area contributed by atoms with Gasteiger partial charge in [-0.25, -0.2) is 22.0 Å². The highest BCUT2D eigenvalue weighted by Crippen LogP contribution is 2.50. The van der Waals surface area contributed by atoms with Crippen LogP contribution in [0.4, 0.5) is 74.6 Å². The van der Waals surface area contributed by atoms with Crippen molar-refractivity contribution in [3.05, 3.63) is 25.3 Å². The summed E-state index contributed by atoms with van der Waals surface area (Å²) in [6.45, 7) is 3.49. The lowest BCUT2D eigenvalue weighted by atomic mass is 10.1. The van der Waals surface area contributed by atoms with E-state index in [1.165, 1.54) is 0 Å². The van der Waals surface area contributed by atoms with Gasteiger partial charge in [0, 0.05) is 5.85 Å². The van der Waals surface area contributed by atoms with E-state index in [9.17, 15) is 74.6 Å². The molecule has 0 radical (unpaired) electrons. The lowest BCUT2D eigenvalue weighted by Crippen LogP contribution is -2.47. The molecule has 2 atom stereocenters. The maximum atomic E-state index is 12.5. The minimum Gasteiger partial charge on any atom is -0.234 e. The molecule has 218 valence electrons. The molecule has 0 aromatic heterocycles. The van der Waals surface area contributed by atoms with Crippen LogP contribution in [0.25, 0.3) is 0 Å². The van der Waals surface area contributed by atoms with Gasteiger partial charge in [0.1, 0.15) is 0 Å². The summed E-state index contributed by atoms with van der Waals surface area (Å²) in [7, 11) is 0. The average Bonchev–Trinajstić information content (AvgIpc) is 2.52. The number of hydrogen-bond donors (Lipinski definition) is 0. The second-order valence-corrected chi connectivity index (χ2v) is 8.29. The fourth-order valence-corrected chi connectivity index (χ4v) is 1.71. The summed E-state index contributed by atoms with van der Waals surface area (Å²) < 4.78 is 189. The third-order valence-corrected chi connectivity index (χ3v) is 4.56. The van der Waals surface area contributed by atoms with Crippen LogP contribution in [0.5, 0.6) is 0 Å². The number of allylic oxidation sites excluding steroid dienone is 1. The molecule has 0 N–H and O–H groups in total. The van der Waals surface area contributed by atoms with Gasteiger partial charge in [0.05, 0.1) is 12.7 Å². The Morgan fingerprint density at radius 2 is 0.971 bits per heavy atom. The summed E-state index contributed by atoms with van der Waals surface area (Å²) >= 11 is 1.39. The highest BCUT2D eigenvalue weighted by atomic mass is 127. The monoisotopic (exact) mass is 791 g/mol. The van der Waals surface area contributed by atoms with Crippen LogP contribution in [0.15, 0.2) is 25.3 Å². The third kappa shape index (κ3) is 17.8. The lowest BCUT2D eigenvalue weighted by molar-refractivity contribution is -0.294. The molecule has 0 nitrogen and oxygen atoms in total. The van der Waals surface area contributed by atoms with Crippen LogP contribution in [-0.4, -0.2) is 44.1 Å². The molecule has 35 heavy (non-hydrogen) atoms. The van der Waals surface area contributed by atoms with Crippen molar-refractivity contribution in [2.45, 2.75) is 67.4 Å². The highest BCUT2D eigenvalue weighted by molar-refractivity contribution is 14.1. The van der Waals surface area contributed by atoms with Gasteiger partial charge in [0.2, 0.25) is 11.3 Å². The molecule has 0 aromatic carbocycles. The van der Waals surface area contributed by atoms with Gasteiger partial charge in [-0.2, -0.15) is 52.7 Å². The summed E-state index contributed by atoms with van der Waals surface area (Å²) in [4.78, 5) is 0. The lowest BCUT2D eigenvalue weighted by Gasteiger charge is -2.23. The van der Waals surface area contributed by atoms with Crippen molar-refractivity contribution in [1.29, 1.82) is 0 Å². The van der Waals surface area contributed by atoms with E-state index in [1.54, 1.807) is 22.6 Å². The molecule has 0 saturated heterocycles. The smallest absolute Gasteiger partial charge is 0.234 e. The van der Waals surface area contributed by atoms with Crippen LogP contribution in [-0.2, 0) is 0 Å². The van der Waals surface area contributed by atoms with Gasteiger partial charge in [-0.3, -0.25) is 0 Å². The van der Waals surface area contributed by atoms with E-state index in [2.05, 4.69) is 6.58 Å². The van der Waals surface area contributed by atoms with Gasteiger partial charge in [0.15, 0.2) is 0 Å². The van der Waals surface area contributed by atoms with Crippen molar-refractivity contribution in [3.8, 4) is 0 Å². The predicted octanol–water partition coefficient (Wildman–Crippen LogP) is 11.1. The summed E-state index contributed by atoms with van der Waals surface area (Å²) in [6, 6.07) is 0. The summed E-state index contributed by atoms with van der Waals surface area (Å²) in [5.74, 6) is 0. The quantitative estimate of drug-likeness (QED) is 0.152. The summed E-state index contributed by atoms with van der Waals surface area (Å²) in [6.07, 6.45) is -22.5. The van der Waals surface area contributed by atoms with Crippen LogP contribution in [0.3, 0.4) is 0 Å². The first-order valence-corrected chi connectivity index (χ1v) is 10.2. The zero-order valence-electron chi connectivity index (χ0n) is 16.5. The Kier molecular flexibility index (Phi) is 21.2. The molecule has 0 aliphatic rings. The van der Waals surface area contributed by atoms with Gasteiger partial charge in [-0.1, -0.05) is 36.6 Å². The molecule has 2 unspecified atom stereocenters. The van der Waals surface area contributed by atoms with Crippen LogP contribution in [0.2, 0.25) is 0 Å². The fraction of sp³-hybridized carbons (Fsp3) is 0.750. The molecule has 0 saturated carbocycles. The first kappa shape index (κ1) is 44.7. The third-order valence-electron chi connectivity index (χ3n) is 2.80. The minimum atomic E-state index is -5.92. The first-order chi connectivity index (χ1) is 14.5. The molecule has 0 bridgehead atoms. The number of rotatable bonds is 3. The van der Waals surface area contributed by atoms with E-state index in [-0.39, 0.29) is 55.2 Å². The van der Waals surface area contributed by atoms with Gasteiger partial charge in [-0.05, 0) is 48.9 Å². The zero-order chi connectivity index (χ0) is 29.0. The number of alkyl halides is 17. The van der Waals surface area contributed by atoms with E-state index >= 15 is 0 Å². The maximum absolute atomic E-state index is 12.5. The first-order valence-electron chi connectivity index (χ1n) is 7.61. The molecule has 0 heterocycles. The van der Waals surface area contributed by atoms with E-state index in [0.29, 0.717) is 6.92 Å². The average molecular weight is 791 g/mol. The molecule has 0 aliphatic heterocycles. The Balaban J connectivity index is -0.0000000865. The maximum Gasteiger partial charge on any atom is 0.441 e. The molecule has 0 spiro atoms. The SMILES string of the molecule is C.C=CF.CC(F)(/C=C\F)C(F)(F)F.CC(F)(CCI)C(F)(F)F.FC(F)(F)C(F)(I)C(F)(F)F.[2HH]. The molecule has 19 heteroatoms. The molecule has 0 amide bonds. The Bertz CT molecular complexity index is 571. The van der Waals surface area contributed by atoms with Crippen LogP contribution >= 0.6 is 45.2 Å². The van der Waals surface area contributed by atoms with Crippen molar-refractivity contribution < 1.29 is 76.1 Å². The summed E-state index contributed by atoms with van der Waals surface area (Å²) in [5.41, 5.74) is -6.59. The molecule has 0 fully saturated rings. The van der Waals surface area contributed by atoms with Gasteiger partial charge in [0.25, 0.3) is 0 Å². The second-order valence-electron chi connectivity index (χ2n) is 5.72. The van der Waals surface area contributed by atoms with E-state index < -0.39 is 52.5 Å². The molecule has 0 aromatic rings. The van der Waals surface area contributed by atoms with Crippen LogP contribution in [0, 0.1) is 0 Å². The largest absolute Gasteiger partial charge is 0.441 e. The van der Waals surface area contributed by atoms with E-state index in [4.69, 9.17) is 0 Å². The van der Waals surface area contributed by atoms with E-state index in [1.807, 2.05) is 0 Å². The van der Waals surface area contributed by atoms with Crippen molar-refractivity contribution in [2.24, 2.45) is 0 Å². The van der Waals surface area contributed by atoms with Crippen molar-refractivity contribution >= 4 is 45.2 Å². The zero-order valence-corrected chi connectivity index (χ0v) is 20.8. The molecular formula is C16H21F17I2. The van der Waals surface area contributed by atoms with Gasteiger partial charge < -0.3 is 0 Å². The topological polar surface area (TPSA) is 0 Å². The standard InChI is InChI=1S/C5H5F5.C5H7F4I.C3F7I.C2H3F.CH4.H2/c1-4(7,2-3-6)5(8,9)10;1-4(6,2-3-10)5(7,8)9;4-1(11,2(5,6)7)3(8,9)10;1-2-3;;/h2-3H,1H3;2-3H2,1H3;;2H,1H2;1H4;1H/b3-2-;;;;;/i;;;;;1+1. The van der Waals surface area contributed by atoms with Crippen LogP contribution in [0.1, 0.15) is 29.1 Å². The highest BCUT2D eigenvalue weighted by Gasteiger charge is 2.71. The second kappa shape index (κ2) is 16.6.